The van der Waals surface area contributed by atoms with Gasteiger partial charge in [-0.2, -0.15) is 0 Å². The van der Waals surface area contributed by atoms with Crippen LogP contribution in [-0.4, -0.2) is 16.0 Å². The van der Waals surface area contributed by atoms with Crippen LogP contribution in [0.25, 0.3) is 0 Å². The first-order chi connectivity index (χ1) is 6.52. The molecule has 0 aliphatic rings. The molecule has 0 saturated heterocycles. The Labute approximate surface area is 80.1 Å². The summed E-state index contributed by atoms with van der Waals surface area (Å²) < 4.78 is 0. The van der Waals surface area contributed by atoms with Crippen LogP contribution in [0.2, 0.25) is 0 Å². The maximum Gasteiger partial charge on any atom is 0.310 e. The minimum atomic E-state index is -1.06. The summed E-state index contributed by atoms with van der Waals surface area (Å²) in [6, 6.07) is 5.31. The average molecular weight is 194 g/mol. The van der Waals surface area contributed by atoms with E-state index in [1.807, 2.05) is 0 Å². The van der Waals surface area contributed by atoms with E-state index in [1.54, 1.807) is 0 Å². The van der Waals surface area contributed by atoms with Crippen molar-refractivity contribution in [3.05, 3.63) is 46.9 Å². The standard InChI is InChI=1S/C9H8NO4/c1-6(9(11)12)7-2-4-8(5-3-7)10(13)14/h2-6H,1H2,(H,11,12). The predicted molar refractivity (Wildman–Crippen MR) is 48.8 cm³/mol. The molecule has 14 heavy (non-hydrogen) atoms. The highest BCUT2D eigenvalue weighted by Crippen LogP contribution is 2.18. The number of non-ortho nitro benzene ring substituents is 1. The lowest BCUT2D eigenvalue weighted by molar-refractivity contribution is -0.384. The van der Waals surface area contributed by atoms with E-state index in [9.17, 15) is 14.9 Å². The maximum atomic E-state index is 10.5. The molecule has 1 aromatic carbocycles. The van der Waals surface area contributed by atoms with Crippen LogP contribution in [0.3, 0.4) is 0 Å². The molecular weight excluding hydrogens is 186 g/mol. The highest BCUT2D eigenvalue weighted by Gasteiger charge is 2.14. The minimum Gasteiger partial charge on any atom is -0.481 e. The molecule has 73 valence electrons. The predicted octanol–water partition coefficient (Wildman–Crippen LogP) is 1.60. The number of aliphatic carboxylic acids is 1. The van der Waals surface area contributed by atoms with E-state index < -0.39 is 16.8 Å². The van der Waals surface area contributed by atoms with Crippen molar-refractivity contribution in [2.45, 2.75) is 5.92 Å². The van der Waals surface area contributed by atoms with Gasteiger partial charge >= 0.3 is 5.97 Å². The Morgan fingerprint density at radius 2 is 1.93 bits per heavy atom. The third-order valence-electron chi connectivity index (χ3n) is 1.80. The summed E-state index contributed by atoms with van der Waals surface area (Å²) in [6.45, 7) is 3.41. The van der Waals surface area contributed by atoms with Gasteiger partial charge in [0.15, 0.2) is 0 Å². The molecule has 1 aromatic rings. The molecule has 5 heteroatoms. The summed E-state index contributed by atoms with van der Waals surface area (Å²) in [5, 5.41) is 18.9. The summed E-state index contributed by atoms with van der Waals surface area (Å²) in [4.78, 5) is 20.3. The molecule has 0 aliphatic carbocycles. The molecule has 0 amide bonds. The monoisotopic (exact) mass is 194 g/mol. The van der Waals surface area contributed by atoms with Crippen molar-refractivity contribution < 1.29 is 14.8 Å². The van der Waals surface area contributed by atoms with Gasteiger partial charge in [-0.3, -0.25) is 14.9 Å². The molecular formula is C9H8NO4. The van der Waals surface area contributed by atoms with Gasteiger partial charge in [-0.15, -0.1) is 0 Å². The van der Waals surface area contributed by atoms with Crippen LogP contribution in [0.15, 0.2) is 24.3 Å². The van der Waals surface area contributed by atoms with Gasteiger partial charge < -0.3 is 5.11 Å². The van der Waals surface area contributed by atoms with Gasteiger partial charge in [0.1, 0.15) is 0 Å². The van der Waals surface area contributed by atoms with E-state index in [-0.39, 0.29) is 5.69 Å². The molecule has 0 aromatic heterocycles. The second-order valence-electron chi connectivity index (χ2n) is 2.74. The summed E-state index contributed by atoms with van der Waals surface area (Å²) >= 11 is 0. The lowest BCUT2D eigenvalue weighted by atomic mass is 10.0. The fourth-order valence-electron chi connectivity index (χ4n) is 0.971. The van der Waals surface area contributed by atoms with Crippen LogP contribution in [-0.2, 0) is 4.79 Å². The summed E-state index contributed by atoms with van der Waals surface area (Å²) in [5.74, 6) is -1.95. The molecule has 0 aliphatic heterocycles. The van der Waals surface area contributed by atoms with Crippen molar-refractivity contribution in [2.24, 2.45) is 0 Å². The molecule has 1 radical (unpaired) electrons. The van der Waals surface area contributed by atoms with Crippen LogP contribution >= 0.6 is 0 Å². The Kier molecular flexibility index (Phi) is 2.81. The SMILES string of the molecule is [CH2]C(C(=O)O)c1ccc([N+](=O)[O-])cc1. The highest BCUT2D eigenvalue weighted by molar-refractivity contribution is 5.76. The molecule has 0 saturated carbocycles. The minimum absolute atomic E-state index is 0.0636. The van der Waals surface area contributed by atoms with Gasteiger partial charge in [0.2, 0.25) is 0 Å². The lowest BCUT2D eigenvalue weighted by Crippen LogP contribution is -2.07. The summed E-state index contributed by atoms with van der Waals surface area (Å²) in [6.07, 6.45) is 0. The first-order valence-corrected chi connectivity index (χ1v) is 3.82. The van der Waals surface area contributed by atoms with Crippen LogP contribution in [0, 0.1) is 17.0 Å². The average Bonchev–Trinajstić information content (AvgIpc) is 2.16. The first kappa shape index (κ1) is 10.2. The third kappa shape index (κ3) is 2.07. The number of nitrogens with zero attached hydrogens (tertiary/aromatic N) is 1. The number of nitro benzene ring substituents is 1. The van der Waals surface area contributed by atoms with Crippen molar-refractivity contribution in [1.29, 1.82) is 0 Å². The molecule has 0 bridgehead atoms. The molecule has 1 N–H and O–H groups in total. The Hall–Kier alpha value is -1.91. The summed E-state index contributed by atoms with van der Waals surface area (Å²) in [7, 11) is 0. The van der Waals surface area contributed by atoms with Crippen molar-refractivity contribution >= 4 is 11.7 Å². The second kappa shape index (κ2) is 3.87. The number of rotatable bonds is 3. The number of nitro groups is 1. The Balaban J connectivity index is 2.94. The second-order valence-corrected chi connectivity index (χ2v) is 2.74. The van der Waals surface area contributed by atoms with Crippen LogP contribution in [0.1, 0.15) is 11.5 Å². The zero-order valence-corrected chi connectivity index (χ0v) is 7.21. The zero-order valence-electron chi connectivity index (χ0n) is 7.21. The van der Waals surface area contributed by atoms with Crippen molar-refractivity contribution in [3.63, 3.8) is 0 Å². The molecule has 0 fully saturated rings. The maximum absolute atomic E-state index is 10.5. The molecule has 0 heterocycles. The lowest BCUT2D eigenvalue weighted by Gasteiger charge is -2.04. The Morgan fingerprint density at radius 1 is 1.43 bits per heavy atom. The fraction of sp³-hybridized carbons (Fsp3) is 0.111. The molecule has 5 nitrogen and oxygen atoms in total. The van der Waals surface area contributed by atoms with Gasteiger partial charge in [0.25, 0.3) is 5.69 Å². The molecule has 0 spiro atoms. The van der Waals surface area contributed by atoms with Crippen LogP contribution in [0.4, 0.5) is 5.69 Å². The zero-order chi connectivity index (χ0) is 10.7. The van der Waals surface area contributed by atoms with Crippen LogP contribution < -0.4 is 0 Å². The van der Waals surface area contributed by atoms with E-state index >= 15 is 0 Å². The number of carboxylic acid groups (broad SMARTS) is 1. The quantitative estimate of drug-likeness (QED) is 0.585. The molecule has 1 rings (SSSR count). The van der Waals surface area contributed by atoms with Crippen molar-refractivity contribution in [1.82, 2.24) is 0 Å². The Morgan fingerprint density at radius 3 is 2.29 bits per heavy atom. The topological polar surface area (TPSA) is 80.4 Å². The first-order valence-electron chi connectivity index (χ1n) is 3.82. The number of carboxylic acids is 1. The van der Waals surface area contributed by atoms with Gasteiger partial charge in [0, 0.05) is 12.1 Å². The van der Waals surface area contributed by atoms with Gasteiger partial charge in [0.05, 0.1) is 10.8 Å². The molecule has 1 atom stereocenters. The van der Waals surface area contributed by atoms with E-state index in [0.717, 1.165) is 0 Å². The van der Waals surface area contributed by atoms with Gasteiger partial charge in [-0.1, -0.05) is 12.1 Å². The van der Waals surface area contributed by atoms with Gasteiger partial charge in [-0.25, -0.2) is 0 Å². The van der Waals surface area contributed by atoms with Crippen molar-refractivity contribution in [3.8, 4) is 0 Å². The Bertz CT molecular complexity index is 358. The van der Waals surface area contributed by atoms with Crippen LogP contribution in [0.5, 0.6) is 0 Å². The van der Waals surface area contributed by atoms with E-state index in [2.05, 4.69) is 6.92 Å². The third-order valence-corrected chi connectivity index (χ3v) is 1.80. The highest BCUT2D eigenvalue weighted by atomic mass is 16.6. The van der Waals surface area contributed by atoms with E-state index in [4.69, 9.17) is 5.11 Å². The summed E-state index contributed by atoms with van der Waals surface area (Å²) in [5.41, 5.74) is 0.384. The smallest absolute Gasteiger partial charge is 0.310 e. The van der Waals surface area contributed by atoms with E-state index in [0.29, 0.717) is 5.56 Å². The normalized spacial score (nSPS) is 12.1. The van der Waals surface area contributed by atoms with E-state index in [1.165, 1.54) is 24.3 Å². The van der Waals surface area contributed by atoms with Crippen molar-refractivity contribution in [2.75, 3.05) is 0 Å². The number of carbonyl (C=O) groups is 1. The number of benzene rings is 1. The molecule has 1 unspecified atom stereocenters. The number of hydrogen-bond donors (Lipinski definition) is 1. The fourth-order valence-corrected chi connectivity index (χ4v) is 0.971. The largest absolute Gasteiger partial charge is 0.481 e. The number of hydrogen-bond acceptors (Lipinski definition) is 3. The van der Waals surface area contributed by atoms with Gasteiger partial charge in [-0.05, 0) is 12.5 Å².